The highest BCUT2D eigenvalue weighted by Gasteiger charge is 2.21. The van der Waals surface area contributed by atoms with Gasteiger partial charge in [0.25, 0.3) is 10.0 Å². The summed E-state index contributed by atoms with van der Waals surface area (Å²) >= 11 is 0. The number of nitrogens with zero attached hydrogens (tertiary/aromatic N) is 3. The van der Waals surface area contributed by atoms with Gasteiger partial charge in [0.1, 0.15) is 0 Å². The number of pyridine rings is 1. The summed E-state index contributed by atoms with van der Waals surface area (Å²) < 4.78 is 26.0. The molecule has 0 spiro atoms. The van der Waals surface area contributed by atoms with E-state index in [4.69, 9.17) is 0 Å². The summed E-state index contributed by atoms with van der Waals surface area (Å²) in [5, 5.41) is 0. The van der Waals surface area contributed by atoms with Crippen molar-refractivity contribution in [2.45, 2.75) is 5.75 Å². The van der Waals surface area contributed by atoms with Crippen molar-refractivity contribution in [3.8, 4) is 0 Å². The number of carbonyl (C=O) groups excluding carboxylic acids is 1. The quantitative estimate of drug-likeness (QED) is 0.738. The molecule has 0 atom stereocenters. The Morgan fingerprint density at radius 2 is 1.83 bits per heavy atom. The molecule has 0 aromatic carbocycles. The second-order valence-electron chi connectivity index (χ2n) is 3.55. The normalized spacial score (nSPS) is 11.1. The Labute approximate surface area is 105 Å². The van der Waals surface area contributed by atoms with Gasteiger partial charge in [-0.25, -0.2) is 8.42 Å². The Morgan fingerprint density at radius 1 is 1.22 bits per heavy atom. The largest absolute Gasteiger partial charge is 0.276 e. The fraction of sp³-hybridized carbons (Fsp3) is 0.0909. The van der Waals surface area contributed by atoms with Crippen LogP contribution in [0.5, 0.6) is 0 Å². The fourth-order valence-electron chi connectivity index (χ4n) is 1.48. The number of rotatable bonds is 5. The molecule has 0 aliphatic rings. The number of aromatic nitrogens is 2. The molecule has 18 heavy (non-hydrogen) atoms. The molecule has 0 aliphatic carbocycles. The molecule has 2 rings (SSSR count). The van der Waals surface area contributed by atoms with Crippen LogP contribution in [0.4, 0.5) is 0 Å². The lowest BCUT2D eigenvalue weighted by Crippen LogP contribution is -2.39. The van der Waals surface area contributed by atoms with Crippen molar-refractivity contribution < 1.29 is 13.2 Å². The molecule has 7 heteroatoms. The minimum absolute atomic E-state index is 0.258. The third-order valence-corrected chi connectivity index (χ3v) is 3.83. The van der Waals surface area contributed by atoms with E-state index in [0.717, 1.165) is 0 Å². The predicted molar refractivity (Wildman–Crippen MR) is 65.6 cm³/mol. The molecule has 0 unspecified atom stereocenters. The molecule has 94 valence electrons. The second-order valence-corrected chi connectivity index (χ2v) is 5.38. The van der Waals surface area contributed by atoms with E-state index in [0.29, 0.717) is 9.98 Å². The molecule has 0 saturated carbocycles. The molecule has 6 nitrogen and oxygen atoms in total. The number of hydrogen-bond donors (Lipinski definition) is 0. The van der Waals surface area contributed by atoms with Crippen LogP contribution < -0.4 is 4.41 Å². The van der Waals surface area contributed by atoms with Crippen molar-refractivity contribution in [2.24, 2.45) is 0 Å². The van der Waals surface area contributed by atoms with E-state index < -0.39 is 10.0 Å². The summed E-state index contributed by atoms with van der Waals surface area (Å²) in [4.78, 5) is 14.8. The average Bonchev–Trinajstić information content (AvgIpc) is 2.83. The monoisotopic (exact) mass is 265 g/mol. The van der Waals surface area contributed by atoms with E-state index in [1.54, 1.807) is 24.3 Å². The summed E-state index contributed by atoms with van der Waals surface area (Å²) in [5.41, 5.74) is 0.573. The van der Waals surface area contributed by atoms with Crippen molar-refractivity contribution in [2.75, 3.05) is 4.41 Å². The molecule has 1 amide bonds. The molecule has 0 saturated heterocycles. The number of sulfonamides is 1. The lowest BCUT2D eigenvalue weighted by molar-refractivity contribution is -0.107. The van der Waals surface area contributed by atoms with Crippen molar-refractivity contribution >= 4 is 16.4 Å². The van der Waals surface area contributed by atoms with Crippen LogP contribution >= 0.6 is 0 Å². The van der Waals surface area contributed by atoms with Crippen LogP contribution in [0.25, 0.3) is 0 Å². The third kappa shape index (κ3) is 2.57. The molecule has 0 bridgehead atoms. The lowest BCUT2D eigenvalue weighted by atomic mass is 10.3. The minimum Gasteiger partial charge on any atom is -0.276 e. The Morgan fingerprint density at radius 3 is 2.39 bits per heavy atom. The third-order valence-electron chi connectivity index (χ3n) is 2.29. The van der Waals surface area contributed by atoms with Gasteiger partial charge in [0.05, 0.1) is 5.75 Å². The van der Waals surface area contributed by atoms with Crippen LogP contribution in [0, 0.1) is 0 Å². The first-order valence-corrected chi connectivity index (χ1v) is 6.74. The van der Waals surface area contributed by atoms with Gasteiger partial charge in [0.2, 0.25) is 6.41 Å². The Bertz CT molecular complexity index is 608. The molecule has 2 heterocycles. The number of hydrogen-bond acceptors (Lipinski definition) is 4. The first-order valence-electron chi connectivity index (χ1n) is 5.13. The zero-order chi connectivity index (χ0) is 13.0. The SMILES string of the molecule is O=CN(n1cccc1)S(=O)(=O)Cc1ccncc1. The Hall–Kier alpha value is -2.15. The molecule has 0 fully saturated rings. The topological polar surface area (TPSA) is 72.3 Å². The van der Waals surface area contributed by atoms with Crippen LogP contribution in [-0.4, -0.2) is 24.5 Å². The highest BCUT2D eigenvalue weighted by atomic mass is 32.2. The second kappa shape index (κ2) is 5.01. The van der Waals surface area contributed by atoms with Gasteiger partial charge < -0.3 is 0 Å². The number of amides is 1. The minimum atomic E-state index is -3.75. The summed E-state index contributed by atoms with van der Waals surface area (Å²) in [7, 11) is -3.75. The first kappa shape index (κ1) is 12.3. The highest BCUT2D eigenvalue weighted by molar-refractivity contribution is 7.92. The van der Waals surface area contributed by atoms with Gasteiger partial charge in [0, 0.05) is 24.8 Å². The van der Waals surface area contributed by atoms with Gasteiger partial charge in [-0.05, 0) is 29.8 Å². The molecule has 2 aromatic heterocycles. The van der Waals surface area contributed by atoms with Crippen molar-refractivity contribution in [1.82, 2.24) is 9.66 Å². The maximum absolute atomic E-state index is 12.1. The molecule has 2 aromatic rings. The smallest absolute Gasteiger partial charge is 0.259 e. The maximum atomic E-state index is 12.1. The van der Waals surface area contributed by atoms with Crippen LogP contribution in [0.15, 0.2) is 49.1 Å². The van der Waals surface area contributed by atoms with Crippen LogP contribution in [0.2, 0.25) is 0 Å². The van der Waals surface area contributed by atoms with E-state index in [9.17, 15) is 13.2 Å². The average molecular weight is 265 g/mol. The zero-order valence-corrected chi connectivity index (χ0v) is 10.2. The highest BCUT2D eigenvalue weighted by Crippen LogP contribution is 2.08. The summed E-state index contributed by atoms with van der Waals surface area (Å²) in [6, 6.07) is 6.46. The van der Waals surface area contributed by atoms with E-state index in [2.05, 4.69) is 4.98 Å². The van der Waals surface area contributed by atoms with Crippen molar-refractivity contribution in [1.29, 1.82) is 0 Å². The molecule has 0 N–H and O–H groups in total. The van der Waals surface area contributed by atoms with Gasteiger partial charge in [-0.3, -0.25) is 14.5 Å². The Kier molecular flexibility index (Phi) is 3.42. The van der Waals surface area contributed by atoms with Gasteiger partial charge >= 0.3 is 0 Å². The Balaban J connectivity index is 2.28. The number of carbonyl (C=O) groups is 1. The van der Waals surface area contributed by atoms with Crippen molar-refractivity contribution in [3.05, 3.63) is 54.6 Å². The maximum Gasteiger partial charge on any atom is 0.259 e. The van der Waals surface area contributed by atoms with Crippen molar-refractivity contribution in [3.63, 3.8) is 0 Å². The lowest BCUT2D eigenvalue weighted by Gasteiger charge is -2.18. The standard InChI is InChI=1S/C11H11N3O3S/c15-10-14(13-7-1-2-8-13)18(16,17)9-11-3-5-12-6-4-11/h1-8,10H,9H2. The van der Waals surface area contributed by atoms with Crippen LogP contribution in [-0.2, 0) is 20.6 Å². The van der Waals surface area contributed by atoms with E-state index >= 15 is 0 Å². The zero-order valence-electron chi connectivity index (χ0n) is 9.38. The molecule has 0 radical (unpaired) electrons. The molecular weight excluding hydrogens is 254 g/mol. The van der Waals surface area contributed by atoms with Gasteiger partial charge in [-0.2, -0.15) is 0 Å². The van der Waals surface area contributed by atoms with Gasteiger partial charge in [-0.1, -0.05) is 0 Å². The van der Waals surface area contributed by atoms with Gasteiger partial charge in [-0.15, -0.1) is 4.41 Å². The summed E-state index contributed by atoms with van der Waals surface area (Å²) in [6.07, 6.45) is 6.26. The summed E-state index contributed by atoms with van der Waals surface area (Å²) in [6.45, 7) is 0. The molecular formula is C11H11N3O3S. The van der Waals surface area contributed by atoms with Crippen LogP contribution in [0.3, 0.4) is 0 Å². The van der Waals surface area contributed by atoms with Crippen LogP contribution in [0.1, 0.15) is 5.56 Å². The molecule has 0 aliphatic heterocycles. The fourth-order valence-corrected chi connectivity index (χ4v) is 2.75. The summed E-state index contributed by atoms with van der Waals surface area (Å²) in [5.74, 6) is -0.258. The van der Waals surface area contributed by atoms with E-state index in [-0.39, 0.29) is 12.2 Å². The van der Waals surface area contributed by atoms with Gasteiger partial charge in [0.15, 0.2) is 0 Å². The van der Waals surface area contributed by atoms with E-state index in [1.165, 1.54) is 29.5 Å². The first-order chi connectivity index (χ1) is 8.63. The van der Waals surface area contributed by atoms with E-state index in [1.807, 2.05) is 0 Å². The predicted octanol–water partition coefficient (Wildman–Crippen LogP) is 0.507.